The standard InChI is InChI=1S/C5H3ClFNO2S/c6-4-2-1-3-5(8-4)11(7,9)10/h1-3H. The highest BCUT2D eigenvalue weighted by Crippen LogP contribution is 2.11. The summed E-state index contributed by atoms with van der Waals surface area (Å²) in [6.07, 6.45) is 0. The Kier molecular flexibility index (Phi) is 2.10. The fourth-order valence-corrected chi connectivity index (χ4v) is 1.19. The lowest BCUT2D eigenvalue weighted by atomic mass is 10.5. The van der Waals surface area contributed by atoms with Gasteiger partial charge < -0.3 is 0 Å². The van der Waals surface area contributed by atoms with Crippen LogP contribution in [0.5, 0.6) is 0 Å². The molecule has 1 aromatic rings. The first-order chi connectivity index (χ1) is 5.00. The third-order valence-corrected chi connectivity index (χ3v) is 1.88. The van der Waals surface area contributed by atoms with E-state index in [1.807, 2.05) is 0 Å². The smallest absolute Gasteiger partial charge is 0.222 e. The Morgan fingerprint density at radius 3 is 2.45 bits per heavy atom. The quantitative estimate of drug-likeness (QED) is 0.503. The molecule has 0 fully saturated rings. The lowest BCUT2D eigenvalue weighted by molar-refractivity contribution is 0.548. The van der Waals surface area contributed by atoms with Crippen LogP contribution in [0.3, 0.4) is 0 Å². The molecule has 1 rings (SSSR count). The summed E-state index contributed by atoms with van der Waals surface area (Å²) in [5.74, 6) is 0. The summed E-state index contributed by atoms with van der Waals surface area (Å²) in [6.45, 7) is 0. The summed E-state index contributed by atoms with van der Waals surface area (Å²) in [4.78, 5) is 3.25. The summed E-state index contributed by atoms with van der Waals surface area (Å²) in [5, 5.41) is -0.714. The molecule has 1 heterocycles. The highest BCUT2D eigenvalue weighted by Gasteiger charge is 2.12. The molecule has 6 heteroatoms. The van der Waals surface area contributed by atoms with Gasteiger partial charge in [0.25, 0.3) is 0 Å². The van der Waals surface area contributed by atoms with Crippen molar-refractivity contribution in [3.05, 3.63) is 23.4 Å². The minimum atomic E-state index is -4.72. The molecular formula is C5H3ClFNO2S. The third-order valence-electron chi connectivity index (χ3n) is 0.939. The number of pyridine rings is 1. The van der Waals surface area contributed by atoms with E-state index in [2.05, 4.69) is 4.98 Å². The van der Waals surface area contributed by atoms with E-state index in [9.17, 15) is 12.3 Å². The first kappa shape index (κ1) is 8.42. The SMILES string of the molecule is O=S(=O)(F)c1cccc(Cl)n1. The van der Waals surface area contributed by atoms with Crippen molar-refractivity contribution in [2.24, 2.45) is 0 Å². The predicted molar refractivity (Wildman–Crippen MR) is 37.5 cm³/mol. The minimum Gasteiger partial charge on any atom is -0.222 e. The first-order valence-corrected chi connectivity index (χ1v) is 4.33. The van der Waals surface area contributed by atoms with Gasteiger partial charge in [-0.05, 0) is 12.1 Å². The fourth-order valence-electron chi connectivity index (χ4n) is 0.525. The second kappa shape index (κ2) is 2.75. The summed E-state index contributed by atoms with van der Waals surface area (Å²) in [5.41, 5.74) is 0. The normalized spacial score (nSPS) is 11.5. The number of aromatic nitrogens is 1. The van der Waals surface area contributed by atoms with E-state index in [1.165, 1.54) is 12.1 Å². The molecule has 0 saturated heterocycles. The number of halogens is 2. The minimum absolute atomic E-state index is 0.0521. The molecule has 0 aliphatic carbocycles. The maximum Gasteiger partial charge on any atom is 0.349 e. The van der Waals surface area contributed by atoms with Gasteiger partial charge in [0.1, 0.15) is 5.15 Å². The van der Waals surface area contributed by atoms with E-state index >= 15 is 0 Å². The molecular weight excluding hydrogens is 193 g/mol. The molecule has 1 aromatic heterocycles. The van der Waals surface area contributed by atoms with Crippen LogP contribution in [0.1, 0.15) is 0 Å². The van der Waals surface area contributed by atoms with E-state index < -0.39 is 15.2 Å². The Bertz CT molecular complexity index is 365. The molecule has 0 bridgehead atoms. The van der Waals surface area contributed by atoms with E-state index in [0.717, 1.165) is 6.07 Å². The van der Waals surface area contributed by atoms with Crippen molar-refractivity contribution in [3.63, 3.8) is 0 Å². The summed E-state index contributed by atoms with van der Waals surface area (Å²) >= 11 is 5.31. The number of hydrogen-bond donors (Lipinski definition) is 0. The Morgan fingerprint density at radius 2 is 2.09 bits per heavy atom. The van der Waals surface area contributed by atoms with Crippen molar-refractivity contribution in [1.29, 1.82) is 0 Å². The van der Waals surface area contributed by atoms with Gasteiger partial charge in [-0.2, -0.15) is 8.42 Å². The van der Waals surface area contributed by atoms with Crippen molar-refractivity contribution in [2.75, 3.05) is 0 Å². The van der Waals surface area contributed by atoms with Gasteiger partial charge in [0, 0.05) is 0 Å². The first-order valence-electron chi connectivity index (χ1n) is 2.57. The number of rotatable bonds is 1. The average Bonchev–Trinajstić information content (AvgIpc) is 1.86. The average molecular weight is 196 g/mol. The highest BCUT2D eigenvalue weighted by atomic mass is 35.5. The van der Waals surface area contributed by atoms with Crippen LogP contribution in [0.4, 0.5) is 3.89 Å². The van der Waals surface area contributed by atoms with Gasteiger partial charge in [-0.15, -0.1) is 0 Å². The van der Waals surface area contributed by atoms with Gasteiger partial charge in [0.15, 0.2) is 5.03 Å². The maximum absolute atomic E-state index is 12.2. The van der Waals surface area contributed by atoms with Crippen LogP contribution in [0.25, 0.3) is 0 Å². The largest absolute Gasteiger partial charge is 0.349 e. The van der Waals surface area contributed by atoms with Gasteiger partial charge in [-0.1, -0.05) is 21.6 Å². The summed E-state index contributed by atoms with van der Waals surface area (Å²) in [7, 11) is -4.72. The Labute approximate surface area is 68.0 Å². The van der Waals surface area contributed by atoms with Gasteiger partial charge in [0.2, 0.25) is 0 Å². The van der Waals surface area contributed by atoms with Crippen molar-refractivity contribution < 1.29 is 12.3 Å². The predicted octanol–water partition coefficient (Wildman–Crippen LogP) is 1.39. The second-order valence-electron chi connectivity index (χ2n) is 1.74. The van der Waals surface area contributed by atoms with Gasteiger partial charge in [-0.25, -0.2) is 4.98 Å². The molecule has 11 heavy (non-hydrogen) atoms. The van der Waals surface area contributed by atoms with E-state index in [1.54, 1.807) is 0 Å². The van der Waals surface area contributed by atoms with Crippen molar-refractivity contribution in [1.82, 2.24) is 4.98 Å². The Hall–Kier alpha value is -0.680. The molecule has 0 N–H and O–H groups in total. The molecule has 0 spiro atoms. The molecule has 0 aliphatic heterocycles. The molecule has 0 amide bonds. The maximum atomic E-state index is 12.2. The lowest BCUT2D eigenvalue weighted by Crippen LogP contribution is -1.94. The lowest BCUT2D eigenvalue weighted by Gasteiger charge is -1.92. The fraction of sp³-hybridized carbons (Fsp3) is 0. The van der Waals surface area contributed by atoms with Crippen LogP contribution >= 0.6 is 11.6 Å². The number of nitrogens with zero attached hydrogens (tertiary/aromatic N) is 1. The molecule has 0 radical (unpaired) electrons. The molecule has 0 saturated carbocycles. The number of hydrogen-bond acceptors (Lipinski definition) is 3. The Morgan fingerprint density at radius 1 is 1.45 bits per heavy atom. The molecule has 60 valence electrons. The van der Waals surface area contributed by atoms with Crippen LogP contribution in [-0.2, 0) is 10.2 Å². The zero-order chi connectivity index (χ0) is 8.48. The van der Waals surface area contributed by atoms with Crippen LogP contribution in [0.15, 0.2) is 23.2 Å². The zero-order valence-corrected chi connectivity index (χ0v) is 6.73. The van der Waals surface area contributed by atoms with Crippen LogP contribution in [0.2, 0.25) is 5.15 Å². The van der Waals surface area contributed by atoms with E-state index in [4.69, 9.17) is 11.6 Å². The van der Waals surface area contributed by atoms with Crippen molar-refractivity contribution in [2.45, 2.75) is 5.03 Å². The molecule has 0 unspecified atom stereocenters. The molecule has 0 aliphatic rings. The van der Waals surface area contributed by atoms with Gasteiger partial charge in [-0.3, -0.25) is 0 Å². The second-order valence-corrected chi connectivity index (χ2v) is 3.42. The van der Waals surface area contributed by atoms with Crippen molar-refractivity contribution in [3.8, 4) is 0 Å². The monoisotopic (exact) mass is 195 g/mol. The van der Waals surface area contributed by atoms with Gasteiger partial charge >= 0.3 is 10.2 Å². The topological polar surface area (TPSA) is 47.0 Å². The third kappa shape index (κ3) is 2.13. The Balaban J connectivity index is 3.28. The van der Waals surface area contributed by atoms with Gasteiger partial charge in [0.05, 0.1) is 0 Å². The molecule has 0 aromatic carbocycles. The highest BCUT2D eigenvalue weighted by molar-refractivity contribution is 7.86. The summed E-state index contributed by atoms with van der Waals surface area (Å²) in [6, 6.07) is 3.69. The van der Waals surface area contributed by atoms with Crippen LogP contribution in [0, 0.1) is 0 Å². The van der Waals surface area contributed by atoms with E-state index in [-0.39, 0.29) is 5.15 Å². The zero-order valence-electron chi connectivity index (χ0n) is 5.16. The van der Waals surface area contributed by atoms with Crippen LogP contribution in [-0.4, -0.2) is 13.4 Å². The van der Waals surface area contributed by atoms with Crippen LogP contribution < -0.4 is 0 Å². The van der Waals surface area contributed by atoms with E-state index in [0.29, 0.717) is 0 Å². The molecule has 3 nitrogen and oxygen atoms in total. The molecule has 0 atom stereocenters. The van der Waals surface area contributed by atoms with Crippen molar-refractivity contribution >= 4 is 21.8 Å². The summed E-state index contributed by atoms with van der Waals surface area (Å²) < 4.78 is 32.5.